The van der Waals surface area contributed by atoms with Crippen LogP contribution in [0.25, 0.3) is 0 Å². The van der Waals surface area contributed by atoms with E-state index in [1.54, 1.807) is 6.92 Å². The highest BCUT2D eigenvalue weighted by atomic mass is 16.3. The number of nitrogens with one attached hydrogen (secondary N) is 1. The lowest BCUT2D eigenvalue weighted by Crippen LogP contribution is -2.34. The average molecular weight is 248 g/mol. The van der Waals surface area contributed by atoms with Crippen LogP contribution >= 0.6 is 0 Å². The molecule has 0 aromatic heterocycles. The number of aliphatic hydroxyl groups is 1. The number of Topliss-reactive ketones (excluding diaryl/α,β-unsaturated/α-hetero) is 1. The maximum absolute atomic E-state index is 11.2. The number of carbonyl (C=O) groups is 1. The second-order valence-electron chi connectivity index (χ2n) is 4.71. The van der Waals surface area contributed by atoms with Crippen LogP contribution in [0.3, 0.4) is 0 Å². The smallest absolute Gasteiger partial charge is 0.159 e. The molecule has 0 bridgehead atoms. The van der Waals surface area contributed by atoms with Crippen molar-refractivity contribution in [2.75, 3.05) is 31.1 Å². The van der Waals surface area contributed by atoms with Crippen molar-refractivity contribution in [3.8, 4) is 0 Å². The van der Waals surface area contributed by atoms with Gasteiger partial charge in [-0.05, 0) is 37.6 Å². The second-order valence-corrected chi connectivity index (χ2v) is 4.71. The maximum Gasteiger partial charge on any atom is 0.159 e. The Balaban J connectivity index is 1.94. The number of anilines is 1. The van der Waals surface area contributed by atoms with Gasteiger partial charge in [-0.2, -0.15) is 0 Å². The fourth-order valence-electron chi connectivity index (χ4n) is 2.34. The molecular formula is C14H20N2O2. The Labute approximate surface area is 108 Å². The van der Waals surface area contributed by atoms with Crippen molar-refractivity contribution in [3.05, 3.63) is 29.8 Å². The minimum atomic E-state index is 0.102. The third-order valence-electron chi connectivity index (χ3n) is 3.37. The summed E-state index contributed by atoms with van der Waals surface area (Å²) in [5.41, 5.74) is 1.92. The molecule has 0 aliphatic carbocycles. The van der Waals surface area contributed by atoms with Gasteiger partial charge in [-0.15, -0.1) is 0 Å². The molecule has 1 atom stereocenters. The highest BCUT2D eigenvalue weighted by molar-refractivity contribution is 5.94. The molecule has 1 aromatic rings. The third-order valence-corrected chi connectivity index (χ3v) is 3.37. The fraction of sp³-hybridized carbons (Fsp3) is 0.500. The summed E-state index contributed by atoms with van der Waals surface area (Å²) >= 11 is 0. The van der Waals surface area contributed by atoms with Gasteiger partial charge < -0.3 is 15.3 Å². The van der Waals surface area contributed by atoms with Gasteiger partial charge in [-0.25, -0.2) is 0 Å². The highest BCUT2D eigenvalue weighted by Crippen LogP contribution is 2.20. The van der Waals surface area contributed by atoms with E-state index in [2.05, 4.69) is 10.2 Å². The Hall–Kier alpha value is -1.39. The van der Waals surface area contributed by atoms with Gasteiger partial charge >= 0.3 is 0 Å². The van der Waals surface area contributed by atoms with E-state index in [-0.39, 0.29) is 12.4 Å². The summed E-state index contributed by atoms with van der Waals surface area (Å²) in [6.07, 6.45) is 1.09. The number of nitrogens with zero attached hydrogens (tertiary/aromatic N) is 1. The molecule has 98 valence electrons. The molecule has 1 aromatic carbocycles. The lowest BCUT2D eigenvalue weighted by molar-refractivity contribution is 0.101. The third kappa shape index (κ3) is 3.09. The Kier molecular flexibility index (Phi) is 4.33. The van der Waals surface area contributed by atoms with Crippen LogP contribution in [0.15, 0.2) is 24.3 Å². The summed E-state index contributed by atoms with van der Waals surface area (Å²) < 4.78 is 0. The molecule has 1 saturated heterocycles. The Bertz CT molecular complexity index is 403. The van der Waals surface area contributed by atoms with E-state index in [0.717, 1.165) is 30.8 Å². The standard InChI is InChI=1S/C14H20N2O2/c1-11(18)12-2-4-14(5-3-12)16-8-6-13(10-16)15-7-9-17/h2-5,13,15,17H,6-10H2,1H3. The number of ketones is 1. The topological polar surface area (TPSA) is 52.6 Å². The summed E-state index contributed by atoms with van der Waals surface area (Å²) in [4.78, 5) is 13.5. The molecule has 0 spiro atoms. The van der Waals surface area contributed by atoms with Crippen LogP contribution in [0.5, 0.6) is 0 Å². The molecule has 1 unspecified atom stereocenters. The van der Waals surface area contributed by atoms with E-state index < -0.39 is 0 Å². The zero-order valence-electron chi connectivity index (χ0n) is 10.7. The molecule has 2 N–H and O–H groups in total. The van der Waals surface area contributed by atoms with Gasteiger partial charge in [0.25, 0.3) is 0 Å². The number of hydrogen-bond acceptors (Lipinski definition) is 4. The van der Waals surface area contributed by atoms with Crippen LogP contribution in [0.1, 0.15) is 23.7 Å². The number of hydrogen-bond donors (Lipinski definition) is 2. The molecule has 2 rings (SSSR count). The fourth-order valence-corrected chi connectivity index (χ4v) is 2.34. The van der Waals surface area contributed by atoms with E-state index in [1.165, 1.54) is 0 Å². The van der Waals surface area contributed by atoms with Gasteiger partial charge in [0.1, 0.15) is 0 Å². The number of rotatable bonds is 5. The average Bonchev–Trinajstić information content (AvgIpc) is 2.85. The van der Waals surface area contributed by atoms with Crippen LogP contribution < -0.4 is 10.2 Å². The zero-order chi connectivity index (χ0) is 13.0. The van der Waals surface area contributed by atoms with Crippen LogP contribution in [-0.2, 0) is 0 Å². The molecule has 1 heterocycles. The summed E-state index contributed by atoms with van der Waals surface area (Å²) in [6, 6.07) is 8.22. The summed E-state index contributed by atoms with van der Waals surface area (Å²) in [6.45, 7) is 4.40. The molecule has 4 nitrogen and oxygen atoms in total. The molecule has 0 radical (unpaired) electrons. The van der Waals surface area contributed by atoms with Crippen molar-refractivity contribution in [1.29, 1.82) is 0 Å². The van der Waals surface area contributed by atoms with E-state index in [9.17, 15) is 4.79 Å². The van der Waals surface area contributed by atoms with Gasteiger partial charge in [-0.3, -0.25) is 4.79 Å². The molecule has 4 heteroatoms. The second kappa shape index (κ2) is 5.98. The first-order valence-electron chi connectivity index (χ1n) is 6.41. The first-order chi connectivity index (χ1) is 8.70. The summed E-state index contributed by atoms with van der Waals surface area (Å²) in [5, 5.41) is 12.1. The molecule has 18 heavy (non-hydrogen) atoms. The molecule has 0 amide bonds. The van der Waals surface area contributed by atoms with Gasteiger partial charge in [0.2, 0.25) is 0 Å². The minimum Gasteiger partial charge on any atom is -0.395 e. The van der Waals surface area contributed by atoms with Crippen molar-refractivity contribution in [1.82, 2.24) is 5.32 Å². The van der Waals surface area contributed by atoms with Gasteiger partial charge in [0.05, 0.1) is 6.61 Å². The van der Waals surface area contributed by atoms with Crippen molar-refractivity contribution in [2.45, 2.75) is 19.4 Å². The predicted molar refractivity (Wildman–Crippen MR) is 72.2 cm³/mol. The lowest BCUT2D eigenvalue weighted by Gasteiger charge is -2.19. The van der Waals surface area contributed by atoms with Crippen molar-refractivity contribution in [3.63, 3.8) is 0 Å². The minimum absolute atomic E-state index is 0.102. The summed E-state index contributed by atoms with van der Waals surface area (Å²) in [5.74, 6) is 0.102. The number of benzene rings is 1. The number of aliphatic hydroxyl groups excluding tert-OH is 1. The van der Waals surface area contributed by atoms with Crippen molar-refractivity contribution in [2.24, 2.45) is 0 Å². The quantitative estimate of drug-likeness (QED) is 0.765. The number of carbonyl (C=O) groups excluding carboxylic acids is 1. The Morgan fingerprint density at radius 2 is 2.17 bits per heavy atom. The van der Waals surface area contributed by atoms with Gasteiger partial charge in [0, 0.05) is 36.9 Å². The molecule has 1 aliphatic rings. The Morgan fingerprint density at radius 3 is 2.78 bits per heavy atom. The lowest BCUT2D eigenvalue weighted by atomic mass is 10.1. The largest absolute Gasteiger partial charge is 0.395 e. The molecule has 1 fully saturated rings. The van der Waals surface area contributed by atoms with Crippen molar-refractivity contribution < 1.29 is 9.90 Å². The highest BCUT2D eigenvalue weighted by Gasteiger charge is 2.21. The van der Waals surface area contributed by atoms with Crippen LogP contribution in [-0.4, -0.2) is 43.2 Å². The van der Waals surface area contributed by atoms with Gasteiger partial charge in [0.15, 0.2) is 5.78 Å². The SMILES string of the molecule is CC(=O)c1ccc(N2CCC(NCCO)C2)cc1. The summed E-state index contributed by atoms with van der Waals surface area (Å²) in [7, 11) is 0. The molecule has 1 aliphatic heterocycles. The molecular weight excluding hydrogens is 228 g/mol. The zero-order valence-corrected chi connectivity index (χ0v) is 10.7. The van der Waals surface area contributed by atoms with E-state index in [0.29, 0.717) is 12.6 Å². The normalized spacial score (nSPS) is 19.2. The molecule has 0 saturated carbocycles. The van der Waals surface area contributed by atoms with Crippen LogP contribution in [0, 0.1) is 0 Å². The monoisotopic (exact) mass is 248 g/mol. The van der Waals surface area contributed by atoms with Crippen LogP contribution in [0.4, 0.5) is 5.69 Å². The van der Waals surface area contributed by atoms with E-state index in [1.807, 2.05) is 24.3 Å². The first kappa shape index (κ1) is 13.1. The predicted octanol–water partition coefficient (Wildman–Crippen LogP) is 1.05. The van der Waals surface area contributed by atoms with E-state index in [4.69, 9.17) is 5.11 Å². The maximum atomic E-state index is 11.2. The van der Waals surface area contributed by atoms with E-state index >= 15 is 0 Å². The van der Waals surface area contributed by atoms with Crippen LogP contribution in [0.2, 0.25) is 0 Å². The van der Waals surface area contributed by atoms with Gasteiger partial charge in [-0.1, -0.05) is 0 Å². The van der Waals surface area contributed by atoms with Crippen molar-refractivity contribution >= 4 is 11.5 Å². The first-order valence-corrected chi connectivity index (χ1v) is 6.41. The Morgan fingerprint density at radius 1 is 1.44 bits per heavy atom.